The van der Waals surface area contributed by atoms with Crippen molar-refractivity contribution in [3.63, 3.8) is 0 Å². The lowest BCUT2D eigenvalue weighted by atomic mass is 9.57. The predicted molar refractivity (Wildman–Crippen MR) is 136 cm³/mol. The van der Waals surface area contributed by atoms with Crippen LogP contribution in [-0.4, -0.2) is 71.3 Å². The lowest BCUT2D eigenvalue weighted by Crippen LogP contribution is -2.66. The van der Waals surface area contributed by atoms with E-state index in [1.807, 2.05) is 23.9 Å². The van der Waals surface area contributed by atoms with Crippen molar-refractivity contribution in [2.45, 2.75) is 53.0 Å². The summed E-state index contributed by atoms with van der Waals surface area (Å²) in [6.07, 6.45) is 7.18. The molecule has 1 unspecified atom stereocenters. The first kappa shape index (κ1) is 22.2. The van der Waals surface area contributed by atoms with Gasteiger partial charge in [-0.1, -0.05) is 11.8 Å². The van der Waals surface area contributed by atoms with Gasteiger partial charge in [0.15, 0.2) is 5.78 Å². The standard InChI is InChI=1S/C25H24N6O4S2/c1-30-8-28-23(11(30)4-10(26)24(34)35)37-22-19-12(32)5-13-25(22)6-14(36-13)29-18-16(25)20-15-9(2-3-31(19)20)7-27-17(15)21(18)33/h5,7-8,10,14,19-20,22,27,29H,2-4,6,26H2,1H3,(H,34,35)/t10-,14+,19-,20?,22+,25+/m0/s1. The molecule has 0 saturated carbocycles. The molecule has 2 aromatic rings. The summed E-state index contributed by atoms with van der Waals surface area (Å²) >= 11 is 3.22. The van der Waals surface area contributed by atoms with Gasteiger partial charge in [-0.05, 0) is 30.1 Å². The molecule has 12 heteroatoms. The molecular weight excluding hydrogens is 512 g/mol. The fourth-order valence-electron chi connectivity index (χ4n) is 7.40. The van der Waals surface area contributed by atoms with Crippen LogP contribution in [0.5, 0.6) is 0 Å². The average Bonchev–Trinajstić information content (AvgIpc) is 3.52. The van der Waals surface area contributed by atoms with Gasteiger partial charge in [0.2, 0.25) is 5.78 Å². The highest BCUT2D eigenvalue weighted by atomic mass is 32.2. The van der Waals surface area contributed by atoms with Crippen LogP contribution in [0.2, 0.25) is 0 Å². The molecule has 2 fully saturated rings. The molecular formula is C25H24N6O4S2. The van der Waals surface area contributed by atoms with Gasteiger partial charge >= 0.3 is 5.97 Å². The van der Waals surface area contributed by atoms with E-state index >= 15 is 0 Å². The maximum absolute atomic E-state index is 13.8. The number of nitrogens with one attached hydrogen (secondary N) is 2. The zero-order chi connectivity index (χ0) is 25.4. The number of carboxylic acid groups (broad SMARTS) is 1. The number of carbonyl (C=O) groups excluding carboxylic acids is 2. The number of Topliss-reactive ketones (excluding diaryl/α,β-unsaturated/α-hetero) is 1. The van der Waals surface area contributed by atoms with E-state index < -0.39 is 17.4 Å². The smallest absolute Gasteiger partial charge is 0.320 e. The number of carbonyl (C=O) groups is 3. The molecule has 2 saturated heterocycles. The molecule has 0 radical (unpaired) electrons. The summed E-state index contributed by atoms with van der Waals surface area (Å²) in [6.45, 7) is 0.724. The number of nitrogens with zero attached hydrogens (tertiary/aromatic N) is 3. The van der Waals surface area contributed by atoms with E-state index in [0.29, 0.717) is 16.4 Å². The Balaban J connectivity index is 1.32. The summed E-state index contributed by atoms with van der Waals surface area (Å²) < 4.78 is 1.82. The fourth-order valence-corrected chi connectivity index (χ4v) is 10.7. The van der Waals surface area contributed by atoms with E-state index in [2.05, 4.69) is 20.2 Å². The second-order valence-corrected chi connectivity index (χ2v) is 13.1. The number of carboxylic acids is 1. The number of imidazole rings is 1. The second-order valence-electron chi connectivity index (χ2n) is 10.7. The van der Waals surface area contributed by atoms with Crippen LogP contribution in [0.25, 0.3) is 0 Å². The highest BCUT2D eigenvalue weighted by Gasteiger charge is 2.69. The summed E-state index contributed by atoms with van der Waals surface area (Å²) in [7, 11) is 1.84. The summed E-state index contributed by atoms with van der Waals surface area (Å²) in [5.74, 6) is -0.966. The predicted octanol–water partition coefficient (Wildman–Crippen LogP) is 1.11. The van der Waals surface area contributed by atoms with Crippen molar-refractivity contribution in [2.75, 3.05) is 6.54 Å². The van der Waals surface area contributed by atoms with E-state index in [9.17, 15) is 19.5 Å². The van der Waals surface area contributed by atoms with E-state index in [0.717, 1.165) is 46.7 Å². The van der Waals surface area contributed by atoms with Crippen LogP contribution in [0, 0.1) is 5.41 Å². The zero-order valence-electron chi connectivity index (χ0n) is 19.9. The van der Waals surface area contributed by atoms with Gasteiger partial charge in [0.05, 0.1) is 40.9 Å². The number of nitrogens with two attached hydrogens (primary N) is 1. The molecule has 3 bridgehead atoms. The number of aromatic nitrogens is 3. The zero-order valence-corrected chi connectivity index (χ0v) is 21.5. The number of aromatic amines is 1. The van der Waals surface area contributed by atoms with Crippen LogP contribution in [0.3, 0.4) is 0 Å². The molecule has 2 aliphatic carbocycles. The van der Waals surface area contributed by atoms with Crippen LogP contribution in [0.1, 0.15) is 39.8 Å². The highest BCUT2D eigenvalue weighted by molar-refractivity contribution is 8.04. The first-order chi connectivity index (χ1) is 17.8. The number of fused-ring (bicyclic) bond motifs is 3. The molecule has 37 heavy (non-hydrogen) atoms. The molecule has 6 atom stereocenters. The summed E-state index contributed by atoms with van der Waals surface area (Å²) in [5, 5.41) is 13.5. The molecule has 190 valence electrons. The molecule has 6 aliphatic rings. The number of ketones is 2. The Kier molecular flexibility index (Phi) is 4.31. The lowest BCUT2D eigenvalue weighted by Gasteiger charge is -2.60. The van der Waals surface area contributed by atoms with Gasteiger partial charge in [0.25, 0.3) is 0 Å². The third-order valence-corrected chi connectivity index (χ3v) is 11.7. The van der Waals surface area contributed by atoms with Gasteiger partial charge in [-0.15, -0.1) is 11.8 Å². The number of piperidine rings is 1. The molecule has 0 aromatic carbocycles. The number of allylic oxidation sites excluding steroid dienone is 2. The molecule has 5 N–H and O–H groups in total. The number of aryl methyl sites for hydroxylation is 1. The van der Waals surface area contributed by atoms with Gasteiger partial charge in [0, 0.05) is 47.3 Å². The lowest BCUT2D eigenvalue weighted by molar-refractivity contribution is -0.138. The summed E-state index contributed by atoms with van der Waals surface area (Å²) in [4.78, 5) is 50.3. The normalized spacial score (nSPS) is 33.4. The van der Waals surface area contributed by atoms with Crippen LogP contribution in [0.15, 0.2) is 39.8 Å². The largest absolute Gasteiger partial charge is 0.480 e. The van der Waals surface area contributed by atoms with Gasteiger partial charge in [0.1, 0.15) is 11.1 Å². The van der Waals surface area contributed by atoms with E-state index in [4.69, 9.17) is 5.73 Å². The third kappa shape index (κ3) is 2.61. The summed E-state index contributed by atoms with van der Waals surface area (Å²) in [5.41, 5.74) is 10.8. The Bertz CT molecular complexity index is 1520. The monoisotopic (exact) mass is 536 g/mol. The van der Waals surface area contributed by atoms with Gasteiger partial charge < -0.3 is 25.7 Å². The quantitative estimate of drug-likeness (QED) is 0.438. The fraction of sp³-hybridized carbons (Fsp3) is 0.440. The molecule has 2 aromatic heterocycles. The molecule has 1 spiro atoms. The van der Waals surface area contributed by atoms with E-state index in [1.54, 1.807) is 29.9 Å². The maximum Gasteiger partial charge on any atom is 0.320 e. The van der Waals surface area contributed by atoms with E-state index in [1.165, 1.54) is 0 Å². The third-order valence-electron chi connectivity index (χ3n) is 8.93. The van der Waals surface area contributed by atoms with Crippen molar-refractivity contribution in [1.82, 2.24) is 24.8 Å². The molecule has 0 amide bonds. The van der Waals surface area contributed by atoms with Gasteiger partial charge in [-0.2, -0.15) is 0 Å². The van der Waals surface area contributed by atoms with Crippen LogP contribution in [0.4, 0.5) is 0 Å². The number of rotatable bonds is 5. The molecule has 10 nitrogen and oxygen atoms in total. The molecule has 8 rings (SSSR count). The number of aliphatic carboxylic acids is 1. The van der Waals surface area contributed by atoms with Crippen LogP contribution in [-0.2, 0) is 29.5 Å². The van der Waals surface area contributed by atoms with Crippen molar-refractivity contribution in [2.24, 2.45) is 18.2 Å². The minimum atomic E-state index is -1.06. The second kappa shape index (κ2) is 7.19. The summed E-state index contributed by atoms with van der Waals surface area (Å²) in [6, 6.07) is -1.52. The van der Waals surface area contributed by atoms with Crippen molar-refractivity contribution >= 4 is 41.1 Å². The van der Waals surface area contributed by atoms with Gasteiger partial charge in [-0.25, -0.2) is 4.98 Å². The average molecular weight is 537 g/mol. The van der Waals surface area contributed by atoms with Crippen molar-refractivity contribution in [1.29, 1.82) is 0 Å². The number of H-pyrrole nitrogens is 1. The molecule has 6 heterocycles. The minimum Gasteiger partial charge on any atom is -0.480 e. The topological polar surface area (TPSA) is 146 Å². The highest BCUT2D eigenvalue weighted by Crippen LogP contribution is 2.71. The first-order valence-electron chi connectivity index (χ1n) is 12.4. The Hall–Kier alpha value is -2.80. The Labute approximate surface area is 220 Å². The Morgan fingerprint density at radius 2 is 2.27 bits per heavy atom. The number of hydrogen-bond acceptors (Lipinski definition) is 9. The van der Waals surface area contributed by atoms with Crippen molar-refractivity contribution in [3.8, 4) is 0 Å². The van der Waals surface area contributed by atoms with Gasteiger partial charge in [-0.3, -0.25) is 19.3 Å². The van der Waals surface area contributed by atoms with Crippen molar-refractivity contribution in [3.05, 3.63) is 57.3 Å². The SMILES string of the molecule is Cn1cnc(S[C@@H]2[C@@H]3C(=O)C=C4S[C@@H]5C[C@]42C2=C(N5)C(=O)c4[nH]cc5c4C2N3CC5)c1C[C@H](N)C(=O)O. The van der Waals surface area contributed by atoms with E-state index in [-0.39, 0.29) is 40.7 Å². The van der Waals surface area contributed by atoms with Crippen molar-refractivity contribution < 1.29 is 19.5 Å². The Morgan fingerprint density at radius 3 is 3.08 bits per heavy atom. The number of hydrogen-bond donors (Lipinski definition) is 4. The maximum atomic E-state index is 13.8. The Morgan fingerprint density at radius 1 is 1.43 bits per heavy atom. The first-order valence-corrected chi connectivity index (χ1v) is 14.1. The minimum absolute atomic E-state index is 0.00494. The van der Waals surface area contributed by atoms with Crippen LogP contribution >= 0.6 is 23.5 Å². The van der Waals surface area contributed by atoms with Crippen LogP contribution < -0.4 is 11.1 Å². The molecule has 4 aliphatic heterocycles. The number of thioether (sulfide) groups is 2.